The lowest BCUT2D eigenvalue weighted by atomic mass is 9.98. The Balaban J connectivity index is 2.52. The molecule has 0 bridgehead atoms. The minimum Gasteiger partial charge on any atom is -0.0871 e. The maximum Gasteiger partial charge on any atom is -0.0178 e. The maximum absolute atomic E-state index is 2.29. The second-order valence-electron chi connectivity index (χ2n) is 4.52. The van der Waals surface area contributed by atoms with Gasteiger partial charge in [0.2, 0.25) is 0 Å². The van der Waals surface area contributed by atoms with Crippen molar-refractivity contribution in [2.75, 3.05) is 0 Å². The van der Waals surface area contributed by atoms with E-state index in [4.69, 9.17) is 0 Å². The van der Waals surface area contributed by atoms with Crippen LogP contribution in [-0.2, 0) is 0 Å². The first-order chi connectivity index (χ1) is 7.70. The minimum atomic E-state index is 0.597. The third kappa shape index (κ3) is 2.16. The lowest BCUT2D eigenvalue weighted by Crippen LogP contribution is -1.86. The fourth-order valence-corrected chi connectivity index (χ4v) is 1.94. The van der Waals surface area contributed by atoms with Gasteiger partial charge >= 0.3 is 0 Å². The van der Waals surface area contributed by atoms with Crippen LogP contribution in [0.25, 0.3) is 16.8 Å². The Hall–Kier alpha value is -1.56. The van der Waals surface area contributed by atoms with E-state index in [9.17, 15) is 0 Å². The Labute approximate surface area is 97.6 Å². The zero-order valence-corrected chi connectivity index (χ0v) is 10.2. The SMILES string of the molecule is CC=Cc1ccc2cc(C(C)C)ccc2c1. The summed E-state index contributed by atoms with van der Waals surface area (Å²) in [7, 11) is 0. The Kier molecular flexibility index (Phi) is 3.09. The van der Waals surface area contributed by atoms with E-state index in [0.717, 1.165) is 0 Å². The third-order valence-electron chi connectivity index (χ3n) is 2.91. The van der Waals surface area contributed by atoms with Crippen LogP contribution in [0.15, 0.2) is 42.5 Å². The second kappa shape index (κ2) is 4.52. The zero-order valence-electron chi connectivity index (χ0n) is 10.2. The van der Waals surface area contributed by atoms with Crippen LogP contribution in [-0.4, -0.2) is 0 Å². The van der Waals surface area contributed by atoms with Crippen molar-refractivity contribution < 1.29 is 0 Å². The lowest BCUT2D eigenvalue weighted by molar-refractivity contribution is 0.869. The van der Waals surface area contributed by atoms with Crippen LogP contribution in [0.5, 0.6) is 0 Å². The van der Waals surface area contributed by atoms with Gasteiger partial charge in [-0.15, -0.1) is 0 Å². The molecule has 0 N–H and O–H groups in total. The fourth-order valence-electron chi connectivity index (χ4n) is 1.94. The molecule has 0 heteroatoms. The molecule has 0 nitrogen and oxygen atoms in total. The van der Waals surface area contributed by atoms with Gasteiger partial charge in [0.25, 0.3) is 0 Å². The molecule has 0 unspecified atom stereocenters. The normalized spacial score (nSPS) is 11.8. The molecule has 0 spiro atoms. The maximum atomic E-state index is 2.29. The summed E-state index contributed by atoms with van der Waals surface area (Å²) in [5, 5.41) is 2.65. The average Bonchev–Trinajstić information content (AvgIpc) is 2.28. The van der Waals surface area contributed by atoms with Crippen molar-refractivity contribution in [1.82, 2.24) is 0 Å². The van der Waals surface area contributed by atoms with E-state index in [1.807, 2.05) is 6.92 Å². The number of fused-ring (bicyclic) bond motifs is 1. The highest BCUT2D eigenvalue weighted by Crippen LogP contribution is 2.22. The Morgan fingerprint density at radius 2 is 1.62 bits per heavy atom. The van der Waals surface area contributed by atoms with Crippen LogP contribution in [0.4, 0.5) is 0 Å². The van der Waals surface area contributed by atoms with Gasteiger partial charge in [0.05, 0.1) is 0 Å². The predicted octanol–water partition coefficient (Wildman–Crippen LogP) is 5.00. The molecular formula is C16H18. The molecule has 0 fully saturated rings. The van der Waals surface area contributed by atoms with Crippen LogP contribution in [0, 0.1) is 0 Å². The average molecular weight is 210 g/mol. The molecule has 0 atom stereocenters. The number of allylic oxidation sites excluding steroid dienone is 1. The standard InChI is InChI=1S/C16H18/c1-4-5-13-6-7-16-11-14(12(2)3)8-9-15(16)10-13/h4-12H,1-3H3. The summed E-state index contributed by atoms with van der Waals surface area (Å²) in [4.78, 5) is 0. The summed E-state index contributed by atoms with van der Waals surface area (Å²) in [5.74, 6) is 0.597. The van der Waals surface area contributed by atoms with Crippen molar-refractivity contribution in [2.45, 2.75) is 26.7 Å². The highest BCUT2D eigenvalue weighted by atomic mass is 14.1. The monoisotopic (exact) mass is 210 g/mol. The molecule has 0 aromatic heterocycles. The molecule has 0 heterocycles. The van der Waals surface area contributed by atoms with Gasteiger partial charge in [-0.2, -0.15) is 0 Å². The van der Waals surface area contributed by atoms with Crippen molar-refractivity contribution in [1.29, 1.82) is 0 Å². The fraction of sp³-hybridized carbons (Fsp3) is 0.250. The molecule has 0 aliphatic carbocycles. The molecule has 2 aromatic carbocycles. The molecule has 0 amide bonds. The van der Waals surface area contributed by atoms with Gasteiger partial charge in [0, 0.05) is 0 Å². The van der Waals surface area contributed by atoms with E-state index >= 15 is 0 Å². The smallest absolute Gasteiger partial charge is 0.0178 e. The van der Waals surface area contributed by atoms with Crippen LogP contribution in [0.3, 0.4) is 0 Å². The van der Waals surface area contributed by atoms with E-state index < -0.39 is 0 Å². The first kappa shape index (κ1) is 10.9. The Bertz CT molecular complexity index is 519. The summed E-state index contributed by atoms with van der Waals surface area (Å²) >= 11 is 0. The van der Waals surface area contributed by atoms with Crippen molar-refractivity contribution in [2.24, 2.45) is 0 Å². The van der Waals surface area contributed by atoms with Crippen LogP contribution in [0.1, 0.15) is 37.8 Å². The van der Waals surface area contributed by atoms with Crippen LogP contribution in [0.2, 0.25) is 0 Å². The molecule has 0 saturated carbocycles. The molecule has 2 aromatic rings. The summed E-state index contributed by atoms with van der Waals surface area (Å²) in [6.45, 7) is 6.51. The highest BCUT2D eigenvalue weighted by molar-refractivity contribution is 5.85. The number of hydrogen-bond acceptors (Lipinski definition) is 0. The molecule has 82 valence electrons. The quantitative estimate of drug-likeness (QED) is 0.654. The molecule has 0 aliphatic heterocycles. The van der Waals surface area contributed by atoms with Crippen LogP contribution >= 0.6 is 0 Å². The first-order valence-corrected chi connectivity index (χ1v) is 5.87. The summed E-state index contributed by atoms with van der Waals surface area (Å²) in [5.41, 5.74) is 2.68. The second-order valence-corrected chi connectivity index (χ2v) is 4.52. The van der Waals surface area contributed by atoms with Gasteiger partial charge in [-0.25, -0.2) is 0 Å². The summed E-state index contributed by atoms with van der Waals surface area (Å²) in [6, 6.07) is 13.4. The topological polar surface area (TPSA) is 0 Å². The van der Waals surface area contributed by atoms with Crippen molar-refractivity contribution >= 4 is 16.8 Å². The van der Waals surface area contributed by atoms with Crippen LogP contribution < -0.4 is 0 Å². The minimum absolute atomic E-state index is 0.597. The number of benzene rings is 2. The van der Waals surface area contributed by atoms with Gasteiger partial charge in [0.1, 0.15) is 0 Å². The number of hydrogen-bond donors (Lipinski definition) is 0. The molecular weight excluding hydrogens is 192 g/mol. The molecule has 0 aliphatic rings. The largest absolute Gasteiger partial charge is 0.0871 e. The Morgan fingerprint density at radius 1 is 0.938 bits per heavy atom. The molecule has 0 radical (unpaired) electrons. The van der Waals surface area contributed by atoms with Gasteiger partial charge in [-0.05, 0) is 40.8 Å². The molecule has 2 rings (SSSR count). The lowest BCUT2D eigenvalue weighted by Gasteiger charge is -2.07. The van der Waals surface area contributed by atoms with Crippen molar-refractivity contribution in [3.05, 3.63) is 53.6 Å². The van der Waals surface area contributed by atoms with Crippen molar-refractivity contribution in [3.63, 3.8) is 0 Å². The van der Waals surface area contributed by atoms with E-state index in [1.165, 1.54) is 21.9 Å². The van der Waals surface area contributed by atoms with E-state index in [-0.39, 0.29) is 0 Å². The highest BCUT2D eigenvalue weighted by Gasteiger charge is 2.00. The zero-order chi connectivity index (χ0) is 11.5. The Morgan fingerprint density at radius 3 is 2.31 bits per heavy atom. The van der Waals surface area contributed by atoms with Gasteiger partial charge in [-0.1, -0.05) is 56.3 Å². The van der Waals surface area contributed by atoms with Gasteiger partial charge < -0.3 is 0 Å². The number of rotatable bonds is 2. The predicted molar refractivity (Wildman–Crippen MR) is 72.7 cm³/mol. The van der Waals surface area contributed by atoms with Gasteiger partial charge in [-0.3, -0.25) is 0 Å². The van der Waals surface area contributed by atoms with Gasteiger partial charge in [0.15, 0.2) is 0 Å². The third-order valence-corrected chi connectivity index (χ3v) is 2.91. The van der Waals surface area contributed by atoms with E-state index in [2.05, 4.69) is 62.4 Å². The summed E-state index contributed by atoms with van der Waals surface area (Å²) < 4.78 is 0. The van der Waals surface area contributed by atoms with E-state index in [1.54, 1.807) is 0 Å². The summed E-state index contributed by atoms with van der Waals surface area (Å²) in [6.07, 6.45) is 4.21. The molecule has 16 heavy (non-hydrogen) atoms. The van der Waals surface area contributed by atoms with Crippen molar-refractivity contribution in [3.8, 4) is 0 Å². The first-order valence-electron chi connectivity index (χ1n) is 5.87. The molecule has 0 saturated heterocycles. The van der Waals surface area contributed by atoms with E-state index in [0.29, 0.717) is 5.92 Å².